The lowest BCUT2D eigenvalue weighted by Gasteiger charge is -2.10. The smallest absolute Gasteiger partial charge is 0.339 e. The number of halogens is 1. The molecule has 0 saturated carbocycles. The zero-order valence-electron chi connectivity index (χ0n) is 17.5. The monoisotopic (exact) mass is 454 g/mol. The maximum atomic E-state index is 13.1. The summed E-state index contributed by atoms with van der Waals surface area (Å²) in [6.45, 7) is -0.436. The first kappa shape index (κ1) is 22.2. The van der Waals surface area contributed by atoms with Crippen LogP contribution in [0, 0.1) is 0 Å². The molecule has 4 nitrogen and oxygen atoms in total. The van der Waals surface area contributed by atoms with E-state index < -0.39 is 12.6 Å². The maximum Gasteiger partial charge on any atom is 0.339 e. The predicted octanol–water partition coefficient (Wildman–Crippen LogP) is 6.28. The van der Waals surface area contributed by atoms with Gasteiger partial charge in [-0.15, -0.1) is 0 Å². The van der Waals surface area contributed by atoms with Crippen LogP contribution in [0.15, 0.2) is 103 Å². The first-order valence-corrected chi connectivity index (χ1v) is 10.7. The highest BCUT2D eigenvalue weighted by molar-refractivity contribution is 6.30. The number of benzene rings is 4. The van der Waals surface area contributed by atoms with E-state index in [9.17, 15) is 14.4 Å². The number of ketones is 2. The van der Waals surface area contributed by atoms with Crippen molar-refractivity contribution in [2.24, 2.45) is 0 Å². The van der Waals surface area contributed by atoms with Crippen molar-refractivity contribution in [3.63, 3.8) is 0 Å². The van der Waals surface area contributed by atoms with Crippen molar-refractivity contribution in [1.29, 1.82) is 0 Å². The summed E-state index contributed by atoms with van der Waals surface area (Å²) in [6.07, 6.45) is 0. The summed E-state index contributed by atoms with van der Waals surface area (Å²) in [5, 5.41) is 0.507. The molecule has 4 rings (SSSR count). The van der Waals surface area contributed by atoms with Crippen molar-refractivity contribution in [3.05, 3.63) is 130 Å². The molecule has 0 saturated heterocycles. The quantitative estimate of drug-likeness (QED) is 0.243. The molecule has 4 aromatic carbocycles. The van der Waals surface area contributed by atoms with Crippen LogP contribution in [0.2, 0.25) is 5.02 Å². The molecule has 0 aliphatic rings. The fourth-order valence-electron chi connectivity index (χ4n) is 3.39. The summed E-state index contributed by atoms with van der Waals surface area (Å²) < 4.78 is 5.20. The van der Waals surface area contributed by atoms with Crippen LogP contribution in [0.4, 0.5) is 0 Å². The van der Waals surface area contributed by atoms with Crippen LogP contribution < -0.4 is 0 Å². The van der Waals surface area contributed by atoms with Gasteiger partial charge in [-0.2, -0.15) is 0 Å². The number of Topliss-reactive ketones (excluding diaryl/α,β-unsaturated/α-hetero) is 1. The summed E-state index contributed by atoms with van der Waals surface area (Å²) in [5.41, 5.74) is 3.20. The predicted molar refractivity (Wildman–Crippen MR) is 128 cm³/mol. The van der Waals surface area contributed by atoms with Gasteiger partial charge in [-0.1, -0.05) is 84.4 Å². The van der Waals surface area contributed by atoms with E-state index in [2.05, 4.69) is 0 Å². The highest BCUT2D eigenvalue weighted by atomic mass is 35.5. The third-order valence-electron chi connectivity index (χ3n) is 5.15. The SMILES string of the molecule is O=C(COC(=O)c1ccccc1C(=O)c1ccc(-c2ccccc2)cc1)c1ccc(Cl)cc1. The van der Waals surface area contributed by atoms with E-state index in [0.29, 0.717) is 16.1 Å². The summed E-state index contributed by atoms with van der Waals surface area (Å²) in [5.74, 6) is -1.39. The van der Waals surface area contributed by atoms with E-state index in [0.717, 1.165) is 11.1 Å². The van der Waals surface area contributed by atoms with Crippen molar-refractivity contribution >= 4 is 29.1 Å². The van der Waals surface area contributed by atoms with Crippen LogP contribution in [-0.2, 0) is 4.74 Å². The van der Waals surface area contributed by atoms with Gasteiger partial charge >= 0.3 is 5.97 Å². The standard InChI is InChI=1S/C28H19ClO4/c29-23-16-14-21(15-17-23)26(30)18-33-28(32)25-9-5-4-8-24(25)27(31)22-12-10-20(11-13-22)19-6-2-1-3-7-19/h1-17H,18H2. The molecule has 162 valence electrons. The second-order valence-electron chi connectivity index (χ2n) is 7.32. The van der Waals surface area contributed by atoms with E-state index in [1.807, 2.05) is 42.5 Å². The van der Waals surface area contributed by atoms with Crippen molar-refractivity contribution < 1.29 is 19.1 Å². The Kier molecular flexibility index (Phi) is 6.77. The molecule has 0 atom stereocenters. The van der Waals surface area contributed by atoms with Gasteiger partial charge in [-0.3, -0.25) is 9.59 Å². The Labute approximate surface area is 196 Å². The van der Waals surface area contributed by atoms with E-state index in [4.69, 9.17) is 16.3 Å². The van der Waals surface area contributed by atoms with Gasteiger partial charge < -0.3 is 4.74 Å². The molecular weight excluding hydrogens is 436 g/mol. The topological polar surface area (TPSA) is 60.4 Å². The fraction of sp³-hybridized carbons (Fsp3) is 0.0357. The molecule has 4 aromatic rings. The van der Waals surface area contributed by atoms with E-state index >= 15 is 0 Å². The van der Waals surface area contributed by atoms with Crippen molar-refractivity contribution in [3.8, 4) is 11.1 Å². The lowest BCUT2D eigenvalue weighted by molar-refractivity contribution is 0.0473. The summed E-state index contributed by atoms with van der Waals surface area (Å²) in [6, 6.07) is 29.8. The second-order valence-corrected chi connectivity index (χ2v) is 7.76. The van der Waals surface area contributed by atoms with Crippen LogP contribution in [0.25, 0.3) is 11.1 Å². The van der Waals surface area contributed by atoms with Crippen LogP contribution in [0.5, 0.6) is 0 Å². The molecule has 0 N–H and O–H groups in total. The number of hydrogen-bond acceptors (Lipinski definition) is 4. The molecule has 5 heteroatoms. The third kappa shape index (κ3) is 5.25. The molecule has 33 heavy (non-hydrogen) atoms. The normalized spacial score (nSPS) is 10.5. The van der Waals surface area contributed by atoms with Gasteiger partial charge in [0.05, 0.1) is 5.56 Å². The summed E-state index contributed by atoms with van der Waals surface area (Å²) in [4.78, 5) is 38.1. The lowest BCUT2D eigenvalue weighted by atomic mass is 9.96. The first-order valence-electron chi connectivity index (χ1n) is 10.3. The molecule has 0 unspecified atom stereocenters. The van der Waals surface area contributed by atoms with Crippen LogP contribution >= 0.6 is 11.6 Å². The number of esters is 1. The molecule has 0 bridgehead atoms. The molecule has 0 spiro atoms. The van der Waals surface area contributed by atoms with Gasteiger partial charge in [0.25, 0.3) is 0 Å². The van der Waals surface area contributed by atoms with Gasteiger partial charge in [0.1, 0.15) is 0 Å². The lowest BCUT2D eigenvalue weighted by Crippen LogP contribution is -2.17. The van der Waals surface area contributed by atoms with Gasteiger partial charge in [0, 0.05) is 21.7 Å². The molecule has 0 fully saturated rings. The Bertz CT molecular complexity index is 1290. The van der Waals surface area contributed by atoms with E-state index in [-0.39, 0.29) is 22.7 Å². The Balaban J connectivity index is 1.49. The zero-order chi connectivity index (χ0) is 23.2. The Morgan fingerprint density at radius 1 is 0.606 bits per heavy atom. The minimum absolute atomic E-state index is 0.110. The molecule has 0 aliphatic carbocycles. The molecule has 0 amide bonds. The molecule has 0 heterocycles. The number of carbonyl (C=O) groups excluding carboxylic acids is 3. The Morgan fingerprint density at radius 3 is 1.82 bits per heavy atom. The van der Waals surface area contributed by atoms with E-state index in [1.54, 1.807) is 54.6 Å². The summed E-state index contributed by atoms with van der Waals surface area (Å²) >= 11 is 5.83. The summed E-state index contributed by atoms with van der Waals surface area (Å²) in [7, 11) is 0. The van der Waals surface area contributed by atoms with Crippen LogP contribution in [0.1, 0.15) is 36.6 Å². The van der Waals surface area contributed by atoms with Gasteiger partial charge in [0.2, 0.25) is 0 Å². The molecule has 0 radical (unpaired) electrons. The largest absolute Gasteiger partial charge is 0.454 e. The molecule has 0 aliphatic heterocycles. The van der Waals surface area contributed by atoms with Crippen LogP contribution in [-0.4, -0.2) is 24.1 Å². The minimum Gasteiger partial charge on any atom is -0.454 e. The van der Waals surface area contributed by atoms with Crippen LogP contribution in [0.3, 0.4) is 0 Å². The first-order chi connectivity index (χ1) is 16.0. The van der Waals surface area contributed by atoms with Gasteiger partial charge in [-0.05, 0) is 41.5 Å². The van der Waals surface area contributed by atoms with Gasteiger partial charge in [0.15, 0.2) is 18.2 Å². The Morgan fingerprint density at radius 2 is 1.15 bits per heavy atom. The maximum absolute atomic E-state index is 13.1. The molecule has 0 aromatic heterocycles. The molecular formula is C28H19ClO4. The number of ether oxygens (including phenoxy) is 1. The van der Waals surface area contributed by atoms with Crippen molar-refractivity contribution in [2.75, 3.05) is 6.61 Å². The average Bonchev–Trinajstić information content (AvgIpc) is 2.87. The minimum atomic E-state index is -0.734. The zero-order valence-corrected chi connectivity index (χ0v) is 18.3. The third-order valence-corrected chi connectivity index (χ3v) is 5.40. The highest BCUT2D eigenvalue weighted by Gasteiger charge is 2.20. The van der Waals surface area contributed by atoms with Gasteiger partial charge in [-0.25, -0.2) is 4.79 Å². The average molecular weight is 455 g/mol. The van der Waals surface area contributed by atoms with Crippen molar-refractivity contribution in [1.82, 2.24) is 0 Å². The number of rotatable bonds is 7. The van der Waals surface area contributed by atoms with Crippen molar-refractivity contribution in [2.45, 2.75) is 0 Å². The fourth-order valence-corrected chi connectivity index (χ4v) is 3.51. The Hall–Kier alpha value is -4.02. The second kappa shape index (κ2) is 10.1. The number of hydrogen-bond donors (Lipinski definition) is 0. The van der Waals surface area contributed by atoms with E-state index in [1.165, 1.54) is 6.07 Å². The number of carbonyl (C=O) groups is 3. The highest BCUT2D eigenvalue weighted by Crippen LogP contribution is 2.22.